The molecule has 0 spiro atoms. The Kier molecular flexibility index (Phi) is 4.71. The highest BCUT2D eigenvalue weighted by atomic mass is 32.1. The van der Waals surface area contributed by atoms with Crippen molar-refractivity contribution in [1.29, 1.82) is 0 Å². The largest absolute Gasteiger partial charge is 0.378 e. The second kappa shape index (κ2) is 6.31. The summed E-state index contributed by atoms with van der Waals surface area (Å²) in [6.07, 6.45) is 0. The van der Waals surface area contributed by atoms with E-state index in [2.05, 4.69) is 5.43 Å². The van der Waals surface area contributed by atoms with Gasteiger partial charge in [-0.3, -0.25) is 19.9 Å². The van der Waals surface area contributed by atoms with Gasteiger partial charge in [-0.25, -0.2) is 5.84 Å². The average Bonchev–Trinajstić information content (AvgIpc) is 2.79. The number of rotatable bonds is 4. The number of carbonyl (C=O) groups is 2. The van der Waals surface area contributed by atoms with Gasteiger partial charge in [0, 0.05) is 18.0 Å². The Labute approximate surface area is 120 Å². The van der Waals surface area contributed by atoms with Crippen LogP contribution in [0, 0.1) is 6.92 Å². The third-order valence-corrected chi connectivity index (χ3v) is 4.41. The number of nitrogens with one attached hydrogen (secondary N) is 1. The Hall–Kier alpha value is -1.48. The minimum absolute atomic E-state index is 0.308. The Morgan fingerprint density at radius 3 is 3.00 bits per heavy atom. The molecule has 0 aliphatic carbocycles. The summed E-state index contributed by atoms with van der Waals surface area (Å²) in [7, 11) is 0. The van der Waals surface area contributed by atoms with E-state index in [0.717, 1.165) is 10.4 Å². The van der Waals surface area contributed by atoms with Crippen molar-refractivity contribution in [2.75, 3.05) is 19.8 Å². The van der Waals surface area contributed by atoms with Crippen LogP contribution in [-0.4, -0.2) is 42.5 Å². The topological polar surface area (TPSA) is 111 Å². The van der Waals surface area contributed by atoms with E-state index in [1.54, 1.807) is 6.07 Å². The molecule has 1 aliphatic rings. The van der Waals surface area contributed by atoms with Crippen molar-refractivity contribution in [1.82, 2.24) is 10.3 Å². The summed E-state index contributed by atoms with van der Waals surface area (Å²) in [5.41, 5.74) is 8.50. The number of carbonyl (C=O) groups excluding carboxylic acids is 2. The smallest absolute Gasteiger partial charge is 0.275 e. The van der Waals surface area contributed by atoms with E-state index < -0.39 is 11.9 Å². The summed E-state index contributed by atoms with van der Waals surface area (Å²) in [5.74, 6) is 4.43. The maximum absolute atomic E-state index is 11.5. The zero-order chi connectivity index (χ0) is 14.7. The number of nitrogens with zero attached hydrogens (tertiary/aromatic N) is 1. The molecule has 1 aliphatic heterocycles. The standard InChI is InChI=1S/C12H18N4O3S/c1-7-8(4-10(20-7)12(18)15-14)5-16-2-3-19-6-9(16)11(13)17/h4,9H,2-3,5-6,14H2,1H3,(H2,13,17)(H,15,18). The number of ether oxygens (including phenoxy) is 1. The number of amides is 2. The second-order valence-electron chi connectivity index (χ2n) is 4.63. The lowest BCUT2D eigenvalue weighted by Crippen LogP contribution is -2.51. The van der Waals surface area contributed by atoms with Crippen LogP contribution in [0.3, 0.4) is 0 Å². The summed E-state index contributed by atoms with van der Waals surface area (Å²) >= 11 is 1.38. The predicted molar refractivity (Wildman–Crippen MR) is 74.9 cm³/mol. The molecule has 1 aromatic rings. The molecular weight excluding hydrogens is 280 g/mol. The van der Waals surface area contributed by atoms with Gasteiger partial charge in [-0.05, 0) is 18.6 Å². The van der Waals surface area contributed by atoms with Gasteiger partial charge in [0.2, 0.25) is 5.91 Å². The minimum Gasteiger partial charge on any atom is -0.378 e. The lowest BCUT2D eigenvalue weighted by Gasteiger charge is -2.33. The fraction of sp³-hybridized carbons (Fsp3) is 0.500. The van der Waals surface area contributed by atoms with E-state index in [4.69, 9.17) is 16.3 Å². The molecular formula is C12H18N4O3S. The number of nitrogens with two attached hydrogens (primary N) is 2. The second-order valence-corrected chi connectivity index (χ2v) is 5.89. The number of hydrazine groups is 1. The van der Waals surface area contributed by atoms with Crippen molar-refractivity contribution in [2.24, 2.45) is 11.6 Å². The number of nitrogen functional groups attached to an aromatic ring is 1. The Balaban J connectivity index is 2.14. The molecule has 0 saturated carbocycles. The van der Waals surface area contributed by atoms with Crippen molar-refractivity contribution in [2.45, 2.75) is 19.5 Å². The first-order valence-electron chi connectivity index (χ1n) is 6.24. The number of thiophene rings is 1. The number of morpholine rings is 1. The molecule has 1 aromatic heterocycles. The van der Waals surface area contributed by atoms with Crippen molar-refractivity contribution < 1.29 is 14.3 Å². The summed E-state index contributed by atoms with van der Waals surface area (Å²) in [6.45, 7) is 4.03. The first-order chi connectivity index (χ1) is 9.52. The monoisotopic (exact) mass is 298 g/mol. The number of primary amides is 1. The van der Waals surface area contributed by atoms with Gasteiger partial charge in [-0.15, -0.1) is 11.3 Å². The first kappa shape index (κ1) is 14.9. The lowest BCUT2D eigenvalue weighted by molar-refractivity contribution is -0.129. The van der Waals surface area contributed by atoms with Crippen LogP contribution in [-0.2, 0) is 16.1 Å². The molecule has 2 amide bonds. The van der Waals surface area contributed by atoms with E-state index in [1.165, 1.54) is 11.3 Å². The molecule has 0 bridgehead atoms. The Morgan fingerprint density at radius 2 is 2.35 bits per heavy atom. The van der Waals surface area contributed by atoms with Crippen LogP contribution in [0.4, 0.5) is 0 Å². The molecule has 20 heavy (non-hydrogen) atoms. The van der Waals surface area contributed by atoms with Crippen LogP contribution < -0.4 is 17.0 Å². The third kappa shape index (κ3) is 3.15. The number of hydrogen-bond acceptors (Lipinski definition) is 6. The van der Waals surface area contributed by atoms with E-state index in [-0.39, 0.29) is 5.91 Å². The van der Waals surface area contributed by atoms with Crippen LogP contribution in [0.25, 0.3) is 0 Å². The fourth-order valence-electron chi connectivity index (χ4n) is 2.17. The maximum atomic E-state index is 11.5. The van der Waals surface area contributed by atoms with E-state index >= 15 is 0 Å². The molecule has 0 radical (unpaired) electrons. The molecule has 2 rings (SSSR count). The maximum Gasteiger partial charge on any atom is 0.275 e. The van der Waals surface area contributed by atoms with E-state index in [1.807, 2.05) is 11.8 Å². The zero-order valence-corrected chi connectivity index (χ0v) is 12.0. The van der Waals surface area contributed by atoms with Gasteiger partial charge < -0.3 is 10.5 Å². The highest BCUT2D eigenvalue weighted by molar-refractivity contribution is 7.14. The van der Waals surface area contributed by atoms with Crippen LogP contribution in [0.2, 0.25) is 0 Å². The van der Waals surface area contributed by atoms with Gasteiger partial charge in [0.1, 0.15) is 6.04 Å². The van der Waals surface area contributed by atoms with Crippen LogP contribution in [0.15, 0.2) is 6.07 Å². The van der Waals surface area contributed by atoms with Gasteiger partial charge in [0.15, 0.2) is 0 Å². The van der Waals surface area contributed by atoms with Crippen LogP contribution in [0.5, 0.6) is 0 Å². The minimum atomic E-state index is -0.421. The quantitative estimate of drug-likeness (QED) is 0.388. The molecule has 1 atom stereocenters. The normalized spacial score (nSPS) is 19.8. The fourth-order valence-corrected chi connectivity index (χ4v) is 3.11. The molecule has 1 fully saturated rings. The first-order valence-corrected chi connectivity index (χ1v) is 7.06. The number of aryl methyl sites for hydroxylation is 1. The molecule has 1 unspecified atom stereocenters. The van der Waals surface area contributed by atoms with Gasteiger partial charge in [0.25, 0.3) is 5.91 Å². The molecule has 8 heteroatoms. The van der Waals surface area contributed by atoms with Crippen LogP contribution in [0.1, 0.15) is 20.1 Å². The van der Waals surface area contributed by atoms with E-state index in [0.29, 0.717) is 31.2 Å². The number of hydrogen-bond donors (Lipinski definition) is 3. The molecule has 1 saturated heterocycles. The predicted octanol–water partition coefficient (Wildman–Crippen LogP) is -0.654. The van der Waals surface area contributed by atoms with Gasteiger partial charge in [0.05, 0.1) is 18.1 Å². The molecule has 5 N–H and O–H groups in total. The Morgan fingerprint density at radius 1 is 1.60 bits per heavy atom. The average molecular weight is 298 g/mol. The summed E-state index contributed by atoms with van der Waals surface area (Å²) in [5, 5.41) is 0. The zero-order valence-electron chi connectivity index (χ0n) is 11.2. The summed E-state index contributed by atoms with van der Waals surface area (Å²) in [4.78, 5) is 26.5. The summed E-state index contributed by atoms with van der Waals surface area (Å²) < 4.78 is 5.28. The van der Waals surface area contributed by atoms with Crippen molar-refractivity contribution in [3.63, 3.8) is 0 Å². The lowest BCUT2D eigenvalue weighted by atomic mass is 10.1. The van der Waals surface area contributed by atoms with E-state index in [9.17, 15) is 9.59 Å². The summed E-state index contributed by atoms with van der Waals surface area (Å²) in [6, 6.07) is 1.38. The van der Waals surface area contributed by atoms with Gasteiger partial charge >= 0.3 is 0 Å². The van der Waals surface area contributed by atoms with Crippen molar-refractivity contribution >= 4 is 23.2 Å². The van der Waals surface area contributed by atoms with Crippen molar-refractivity contribution in [3.8, 4) is 0 Å². The van der Waals surface area contributed by atoms with Gasteiger partial charge in [-0.2, -0.15) is 0 Å². The van der Waals surface area contributed by atoms with Crippen molar-refractivity contribution in [3.05, 3.63) is 21.4 Å². The third-order valence-electron chi connectivity index (χ3n) is 3.32. The van der Waals surface area contributed by atoms with Crippen LogP contribution >= 0.6 is 11.3 Å². The molecule has 0 aromatic carbocycles. The highest BCUT2D eigenvalue weighted by Crippen LogP contribution is 2.24. The molecule has 110 valence electrons. The molecule has 7 nitrogen and oxygen atoms in total. The SMILES string of the molecule is Cc1sc(C(=O)NN)cc1CN1CCOCC1C(N)=O. The molecule has 2 heterocycles. The van der Waals surface area contributed by atoms with Gasteiger partial charge in [-0.1, -0.05) is 0 Å². The highest BCUT2D eigenvalue weighted by Gasteiger charge is 2.28. The Bertz CT molecular complexity index is 517.